The number of phosphoric acid groups is 1. The summed E-state index contributed by atoms with van der Waals surface area (Å²) in [5, 5.41) is 0. The number of carbonyl (C=O) groups is 1. The predicted molar refractivity (Wildman–Crippen MR) is 201 cm³/mol. The lowest BCUT2D eigenvalue weighted by Crippen LogP contribution is -2.28. The topological polar surface area (TPSA) is 117 Å². The molecule has 2 atom stereocenters. The summed E-state index contributed by atoms with van der Waals surface area (Å²) in [6.07, 6.45) is 37.2. The second-order valence-corrected chi connectivity index (χ2v) is 15.3. The Labute approximate surface area is 297 Å². The van der Waals surface area contributed by atoms with Gasteiger partial charge in [-0.15, -0.1) is 0 Å². The summed E-state index contributed by atoms with van der Waals surface area (Å²) in [6.45, 7) is 4.91. The first kappa shape index (κ1) is 47.5. The number of unbranched alkanes of at least 4 members (excludes halogenated alkanes) is 27. The van der Waals surface area contributed by atoms with Crippen LogP contribution in [-0.2, 0) is 27.9 Å². The Balaban J connectivity index is 3.78. The molecule has 48 heavy (non-hydrogen) atoms. The zero-order valence-corrected chi connectivity index (χ0v) is 32.6. The molecule has 0 amide bonds. The molecular formula is C39H80NO7P. The minimum absolute atomic E-state index is 0.0910. The quantitative estimate of drug-likeness (QED) is 0.0367. The fourth-order valence-electron chi connectivity index (χ4n) is 6.00. The average Bonchev–Trinajstić information content (AvgIpc) is 3.07. The van der Waals surface area contributed by atoms with E-state index in [0.717, 1.165) is 32.1 Å². The van der Waals surface area contributed by atoms with Crippen LogP contribution >= 0.6 is 7.82 Å². The molecule has 0 aromatic carbocycles. The van der Waals surface area contributed by atoms with Crippen LogP contribution in [0.25, 0.3) is 0 Å². The van der Waals surface area contributed by atoms with Gasteiger partial charge in [0.1, 0.15) is 6.10 Å². The van der Waals surface area contributed by atoms with Crippen molar-refractivity contribution >= 4 is 13.8 Å². The minimum atomic E-state index is -4.25. The van der Waals surface area contributed by atoms with Crippen LogP contribution in [0.15, 0.2) is 0 Å². The smallest absolute Gasteiger partial charge is 0.457 e. The Morgan fingerprint density at radius 2 is 0.917 bits per heavy atom. The van der Waals surface area contributed by atoms with E-state index in [-0.39, 0.29) is 32.3 Å². The molecule has 0 heterocycles. The van der Waals surface area contributed by atoms with Crippen LogP contribution in [0.4, 0.5) is 0 Å². The summed E-state index contributed by atoms with van der Waals surface area (Å²) in [6, 6.07) is 0. The van der Waals surface area contributed by atoms with Gasteiger partial charge in [0.05, 0.1) is 19.8 Å². The third-order valence-corrected chi connectivity index (χ3v) is 10.0. The number of hydrogen-bond acceptors (Lipinski definition) is 7. The monoisotopic (exact) mass is 706 g/mol. The third-order valence-electron chi connectivity index (χ3n) is 9.02. The highest BCUT2D eigenvalue weighted by Crippen LogP contribution is 2.43. The van der Waals surface area contributed by atoms with E-state index >= 15 is 0 Å². The van der Waals surface area contributed by atoms with Crippen molar-refractivity contribution in [2.24, 2.45) is 5.73 Å². The highest BCUT2D eigenvalue weighted by atomic mass is 31.2. The lowest BCUT2D eigenvalue weighted by Gasteiger charge is -2.20. The molecule has 0 bridgehead atoms. The van der Waals surface area contributed by atoms with Crippen LogP contribution < -0.4 is 5.73 Å². The lowest BCUT2D eigenvalue weighted by molar-refractivity contribution is -0.154. The van der Waals surface area contributed by atoms with Gasteiger partial charge >= 0.3 is 13.8 Å². The van der Waals surface area contributed by atoms with E-state index < -0.39 is 13.9 Å². The van der Waals surface area contributed by atoms with Crippen molar-refractivity contribution in [3.63, 3.8) is 0 Å². The molecule has 0 rings (SSSR count). The average molecular weight is 706 g/mol. The van der Waals surface area contributed by atoms with Crippen molar-refractivity contribution in [3.05, 3.63) is 0 Å². The Hall–Kier alpha value is -0.500. The van der Waals surface area contributed by atoms with Gasteiger partial charge in [0.2, 0.25) is 0 Å². The first-order chi connectivity index (χ1) is 23.4. The van der Waals surface area contributed by atoms with Crippen molar-refractivity contribution < 1.29 is 32.8 Å². The van der Waals surface area contributed by atoms with E-state index in [2.05, 4.69) is 13.8 Å². The van der Waals surface area contributed by atoms with Crippen molar-refractivity contribution in [1.29, 1.82) is 0 Å². The lowest BCUT2D eigenvalue weighted by atomic mass is 10.0. The van der Waals surface area contributed by atoms with E-state index in [1.54, 1.807) is 0 Å². The number of hydrogen-bond donors (Lipinski definition) is 2. The Morgan fingerprint density at radius 3 is 1.31 bits per heavy atom. The maximum absolute atomic E-state index is 12.5. The van der Waals surface area contributed by atoms with Gasteiger partial charge in [0, 0.05) is 19.6 Å². The van der Waals surface area contributed by atoms with Gasteiger partial charge < -0.3 is 20.1 Å². The van der Waals surface area contributed by atoms with E-state index in [9.17, 15) is 14.3 Å². The summed E-state index contributed by atoms with van der Waals surface area (Å²) in [5.41, 5.74) is 5.34. The van der Waals surface area contributed by atoms with Crippen molar-refractivity contribution in [2.45, 2.75) is 213 Å². The molecule has 0 aliphatic heterocycles. The van der Waals surface area contributed by atoms with Gasteiger partial charge in [0.25, 0.3) is 0 Å². The molecule has 0 spiro atoms. The highest BCUT2D eigenvalue weighted by molar-refractivity contribution is 7.47. The first-order valence-corrected chi connectivity index (χ1v) is 22.0. The molecule has 0 aliphatic rings. The predicted octanol–water partition coefficient (Wildman–Crippen LogP) is 11.7. The normalized spacial score (nSPS) is 13.5. The standard InChI is InChI=1S/C39H80NO7P/c1-3-5-7-9-11-12-13-14-15-16-17-18-19-20-21-22-23-24-25-26-27-28-30-32-39(41)47-38(37-46-48(42,43)45-35-33-40)36-44-34-31-29-10-8-6-4-2/h38H,3-37,40H2,1-2H3,(H,42,43). The summed E-state index contributed by atoms with van der Waals surface area (Å²) >= 11 is 0. The molecule has 0 aromatic rings. The van der Waals surface area contributed by atoms with Crippen molar-refractivity contribution in [2.75, 3.05) is 33.0 Å². The van der Waals surface area contributed by atoms with Crippen LogP contribution in [0, 0.1) is 0 Å². The molecule has 0 radical (unpaired) electrons. The molecule has 2 unspecified atom stereocenters. The first-order valence-electron chi connectivity index (χ1n) is 20.5. The van der Waals surface area contributed by atoms with Crippen LogP contribution in [0.5, 0.6) is 0 Å². The summed E-state index contributed by atoms with van der Waals surface area (Å²) in [4.78, 5) is 22.3. The van der Waals surface area contributed by atoms with Crippen molar-refractivity contribution in [3.8, 4) is 0 Å². The van der Waals surface area contributed by atoms with Gasteiger partial charge in [-0.05, 0) is 12.8 Å². The Morgan fingerprint density at radius 1 is 0.542 bits per heavy atom. The highest BCUT2D eigenvalue weighted by Gasteiger charge is 2.25. The summed E-state index contributed by atoms with van der Waals surface area (Å²) in [5.74, 6) is -0.328. The molecule has 3 N–H and O–H groups in total. The van der Waals surface area contributed by atoms with Crippen LogP contribution in [0.3, 0.4) is 0 Å². The second-order valence-electron chi connectivity index (χ2n) is 13.9. The van der Waals surface area contributed by atoms with Crippen molar-refractivity contribution in [1.82, 2.24) is 0 Å². The van der Waals surface area contributed by atoms with Crippen LogP contribution in [0.2, 0.25) is 0 Å². The van der Waals surface area contributed by atoms with E-state index in [1.165, 1.54) is 154 Å². The van der Waals surface area contributed by atoms with Crippen LogP contribution in [-0.4, -0.2) is 49.9 Å². The zero-order chi connectivity index (χ0) is 35.2. The van der Waals surface area contributed by atoms with Crippen LogP contribution in [0.1, 0.15) is 206 Å². The molecule has 288 valence electrons. The molecule has 9 heteroatoms. The number of esters is 1. The number of carbonyl (C=O) groups excluding carboxylic acids is 1. The molecular weight excluding hydrogens is 625 g/mol. The zero-order valence-electron chi connectivity index (χ0n) is 31.7. The van der Waals surface area contributed by atoms with Gasteiger partial charge in [-0.25, -0.2) is 4.57 Å². The Bertz CT molecular complexity index is 712. The van der Waals surface area contributed by atoms with Gasteiger partial charge in [-0.2, -0.15) is 0 Å². The fourth-order valence-corrected chi connectivity index (χ4v) is 6.76. The number of phosphoric ester groups is 1. The number of nitrogens with two attached hydrogens (primary N) is 1. The SMILES string of the molecule is CCCCCCCCCCCCCCCCCCCCCCCCCC(=O)OC(COCCCCCCCC)COP(=O)(O)OCCN. The molecule has 0 saturated carbocycles. The van der Waals surface area contributed by atoms with Gasteiger partial charge in [-0.1, -0.05) is 187 Å². The molecule has 0 aromatic heterocycles. The van der Waals surface area contributed by atoms with E-state index in [0.29, 0.717) is 13.0 Å². The largest absolute Gasteiger partial charge is 0.472 e. The summed E-state index contributed by atoms with van der Waals surface area (Å²) < 4.78 is 33.1. The Kier molecular flexibility index (Phi) is 37.4. The van der Waals surface area contributed by atoms with E-state index in [1.807, 2.05) is 0 Å². The molecule has 8 nitrogen and oxygen atoms in total. The second kappa shape index (κ2) is 37.7. The molecule has 0 saturated heterocycles. The van der Waals surface area contributed by atoms with Gasteiger partial charge in [0.15, 0.2) is 0 Å². The molecule has 0 aliphatic carbocycles. The third kappa shape index (κ3) is 36.8. The fraction of sp³-hybridized carbons (Fsp3) is 0.974. The maximum Gasteiger partial charge on any atom is 0.472 e. The number of rotatable bonds is 40. The van der Waals surface area contributed by atoms with E-state index in [4.69, 9.17) is 24.3 Å². The van der Waals surface area contributed by atoms with Gasteiger partial charge in [-0.3, -0.25) is 13.8 Å². The molecule has 0 fully saturated rings. The minimum Gasteiger partial charge on any atom is -0.457 e. The maximum atomic E-state index is 12.5. The summed E-state index contributed by atoms with van der Waals surface area (Å²) in [7, 11) is -4.25. The number of ether oxygens (including phenoxy) is 2.